The molecule has 86 valence electrons. The molecule has 2 aromatic rings. The van der Waals surface area contributed by atoms with Crippen LogP contribution in [0, 0.1) is 11.3 Å². The zero-order chi connectivity index (χ0) is 12.3. The van der Waals surface area contributed by atoms with Gasteiger partial charge in [0.2, 0.25) is 0 Å². The first-order valence-electron chi connectivity index (χ1n) is 5.01. The average molecular weight is 308 g/mol. The standard InChI is InChI=1S/C12H10BrN3S/c1-16(12-15-7-10(6-14)17-12)8-9-4-2-3-5-11(9)13/h2-5,7H,8H2,1H3. The molecule has 0 spiro atoms. The molecule has 1 aromatic heterocycles. The third-order valence-corrected chi connectivity index (χ3v) is 4.09. The summed E-state index contributed by atoms with van der Waals surface area (Å²) in [6.07, 6.45) is 1.61. The summed E-state index contributed by atoms with van der Waals surface area (Å²) in [5.41, 5.74) is 1.20. The highest BCUT2D eigenvalue weighted by molar-refractivity contribution is 9.10. The van der Waals surface area contributed by atoms with Crippen LogP contribution in [0.3, 0.4) is 0 Å². The van der Waals surface area contributed by atoms with E-state index in [9.17, 15) is 0 Å². The SMILES string of the molecule is CN(Cc1ccccc1Br)c1ncc(C#N)s1. The van der Waals surface area contributed by atoms with Crippen LogP contribution in [-0.2, 0) is 6.54 Å². The predicted molar refractivity (Wildman–Crippen MR) is 73.1 cm³/mol. The minimum absolute atomic E-state index is 0.638. The van der Waals surface area contributed by atoms with E-state index in [0.717, 1.165) is 16.1 Å². The summed E-state index contributed by atoms with van der Waals surface area (Å²) < 4.78 is 1.09. The zero-order valence-corrected chi connectivity index (χ0v) is 11.6. The third-order valence-electron chi connectivity index (χ3n) is 2.30. The van der Waals surface area contributed by atoms with E-state index in [1.54, 1.807) is 6.20 Å². The third kappa shape index (κ3) is 2.84. The van der Waals surface area contributed by atoms with E-state index in [0.29, 0.717) is 4.88 Å². The van der Waals surface area contributed by atoms with Crippen molar-refractivity contribution in [2.45, 2.75) is 6.54 Å². The summed E-state index contributed by atoms with van der Waals surface area (Å²) in [7, 11) is 1.97. The van der Waals surface area contributed by atoms with Gasteiger partial charge in [-0.15, -0.1) is 0 Å². The van der Waals surface area contributed by atoms with Gasteiger partial charge in [-0.1, -0.05) is 45.5 Å². The Balaban J connectivity index is 2.14. The summed E-state index contributed by atoms with van der Waals surface area (Å²) in [6, 6.07) is 10.2. The van der Waals surface area contributed by atoms with Gasteiger partial charge in [-0.05, 0) is 11.6 Å². The maximum atomic E-state index is 8.76. The van der Waals surface area contributed by atoms with E-state index in [4.69, 9.17) is 5.26 Å². The van der Waals surface area contributed by atoms with Crippen LogP contribution in [0.25, 0.3) is 0 Å². The van der Waals surface area contributed by atoms with Crippen molar-refractivity contribution in [2.24, 2.45) is 0 Å². The number of benzene rings is 1. The molecule has 0 amide bonds. The molecule has 0 aliphatic heterocycles. The molecule has 1 aromatic carbocycles. The molecular weight excluding hydrogens is 298 g/mol. The fourth-order valence-electron chi connectivity index (χ4n) is 1.44. The summed E-state index contributed by atoms with van der Waals surface area (Å²) in [5, 5.41) is 9.62. The lowest BCUT2D eigenvalue weighted by Crippen LogP contribution is -2.16. The lowest BCUT2D eigenvalue weighted by Gasteiger charge is -2.16. The number of nitriles is 1. The van der Waals surface area contributed by atoms with E-state index < -0.39 is 0 Å². The second kappa shape index (κ2) is 5.30. The van der Waals surface area contributed by atoms with Crippen molar-refractivity contribution in [1.82, 2.24) is 4.98 Å². The molecule has 5 heteroatoms. The number of anilines is 1. The Morgan fingerprint density at radius 1 is 1.47 bits per heavy atom. The Kier molecular flexibility index (Phi) is 3.77. The molecule has 1 heterocycles. The first-order valence-corrected chi connectivity index (χ1v) is 6.62. The summed E-state index contributed by atoms with van der Waals surface area (Å²) in [6.45, 7) is 0.764. The Morgan fingerprint density at radius 2 is 2.24 bits per heavy atom. The van der Waals surface area contributed by atoms with Gasteiger partial charge in [0.05, 0.1) is 6.20 Å². The highest BCUT2D eigenvalue weighted by Crippen LogP contribution is 2.24. The molecule has 0 saturated carbocycles. The van der Waals surface area contributed by atoms with Crippen molar-refractivity contribution >= 4 is 32.4 Å². The number of aromatic nitrogens is 1. The summed E-state index contributed by atoms with van der Waals surface area (Å²) >= 11 is 4.92. The molecule has 0 atom stereocenters. The number of rotatable bonds is 3. The predicted octanol–water partition coefficient (Wildman–Crippen LogP) is 3.41. The van der Waals surface area contributed by atoms with Gasteiger partial charge >= 0.3 is 0 Å². The van der Waals surface area contributed by atoms with Crippen molar-refractivity contribution < 1.29 is 0 Å². The Hall–Kier alpha value is -1.38. The molecule has 0 aliphatic carbocycles. The minimum Gasteiger partial charge on any atom is -0.347 e. The Bertz CT molecular complexity index is 559. The topological polar surface area (TPSA) is 39.9 Å². The van der Waals surface area contributed by atoms with Crippen LogP contribution in [0.2, 0.25) is 0 Å². The molecule has 0 bridgehead atoms. The maximum Gasteiger partial charge on any atom is 0.186 e. The lowest BCUT2D eigenvalue weighted by molar-refractivity contribution is 0.910. The van der Waals surface area contributed by atoms with Gasteiger partial charge in [0.15, 0.2) is 5.13 Å². The monoisotopic (exact) mass is 307 g/mol. The van der Waals surface area contributed by atoms with Crippen molar-refractivity contribution in [3.8, 4) is 6.07 Å². The van der Waals surface area contributed by atoms with Crippen molar-refractivity contribution in [2.75, 3.05) is 11.9 Å². The van der Waals surface area contributed by atoms with E-state index in [2.05, 4.69) is 33.0 Å². The van der Waals surface area contributed by atoms with Gasteiger partial charge < -0.3 is 4.90 Å². The van der Waals surface area contributed by atoms with Crippen molar-refractivity contribution in [3.05, 3.63) is 45.4 Å². The molecule has 0 N–H and O–H groups in total. The van der Waals surface area contributed by atoms with Crippen LogP contribution < -0.4 is 4.90 Å². The van der Waals surface area contributed by atoms with Crippen molar-refractivity contribution in [3.63, 3.8) is 0 Å². The molecular formula is C12H10BrN3S. The molecule has 0 radical (unpaired) electrons. The molecule has 17 heavy (non-hydrogen) atoms. The minimum atomic E-state index is 0.638. The van der Waals surface area contributed by atoms with E-state index >= 15 is 0 Å². The molecule has 2 rings (SSSR count). The Labute approximate surface area is 112 Å². The Morgan fingerprint density at radius 3 is 2.88 bits per heavy atom. The van der Waals surface area contributed by atoms with E-state index in [-0.39, 0.29) is 0 Å². The van der Waals surface area contributed by atoms with Gasteiger partial charge in [-0.3, -0.25) is 0 Å². The number of halogens is 1. The molecule has 0 saturated heterocycles. The second-order valence-corrected chi connectivity index (χ2v) is 5.43. The van der Waals surface area contributed by atoms with Crippen LogP contribution >= 0.6 is 27.3 Å². The van der Waals surface area contributed by atoms with Crippen LogP contribution in [0.4, 0.5) is 5.13 Å². The molecule has 0 unspecified atom stereocenters. The van der Waals surface area contributed by atoms with Crippen LogP contribution in [-0.4, -0.2) is 12.0 Å². The van der Waals surface area contributed by atoms with Gasteiger partial charge in [0.25, 0.3) is 0 Å². The highest BCUT2D eigenvalue weighted by atomic mass is 79.9. The lowest BCUT2D eigenvalue weighted by atomic mass is 10.2. The second-order valence-electron chi connectivity index (χ2n) is 3.57. The largest absolute Gasteiger partial charge is 0.347 e. The van der Waals surface area contributed by atoms with Gasteiger partial charge in [0.1, 0.15) is 10.9 Å². The van der Waals surface area contributed by atoms with Crippen LogP contribution in [0.15, 0.2) is 34.9 Å². The zero-order valence-electron chi connectivity index (χ0n) is 9.22. The fourth-order valence-corrected chi connectivity index (χ4v) is 2.53. The summed E-state index contributed by atoms with van der Waals surface area (Å²) in [5.74, 6) is 0. The first kappa shape index (κ1) is 12.1. The van der Waals surface area contributed by atoms with Gasteiger partial charge in [-0.2, -0.15) is 5.26 Å². The highest BCUT2D eigenvalue weighted by Gasteiger charge is 2.08. The quantitative estimate of drug-likeness (QED) is 0.872. The molecule has 0 fully saturated rings. The number of hydrogen-bond donors (Lipinski definition) is 0. The van der Waals surface area contributed by atoms with Crippen LogP contribution in [0.1, 0.15) is 10.4 Å². The average Bonchev–Trinajstić information content (AvgIpc) is 2.81. The fraction of sp³-hybridized carbons (Fsp3) is 0.167. The summed E-state index contributed by atoms with van der Waals surface area (Å²) in [4.78, 5) is 6.89. The maximum absolute atomic E-state index is 8.76. The number of nitrogens with zero attached hydrogens (tertiary/aromatic N) is 3. The first-order chi connectivity index (χ1) is 8.20. The molecule has 0 aliphatic rings. The van der Waals surface area contributed by atoms with Crippen LogP contribution in [0.5, 0.6) is 0 Å². The number of thiazole rings is 1. The normalized spacial score (nSPS) is 9.94. The number of hydrogen-bond acceptors (Lipinski definition) is 4. The smallest absolute Gasteiger partial charge is 0.186 e. The van der Waals surface area contributed by atoms with E-state index in [1.807, 2.05) is 30.1 Å². The van der Waals surface area contributed by atoms with Gasteiger partial charge in [0, 0.05) is 18.1 Å². The van der Waals surface area contributed by atoms with Crippen molar-refractivity contribution in [1.29, 1.82) is 5.26 Å². The molecule has 3 nitrogen and oxygen atoms in total. The van der Waals surface area contributed by atoms with Gasteiger partial charge in [-0.25, -0.2) is 4.98 Å². The van der Waals surface area contributed by atoms with E-state index in [1.165, 1.54) is 16.9 Å².